The molecule has 0 bridgehead atoms. The summed E-state index contributed by atoms with van der Waals surface area (Å²) >= 11 is 6.22. The molecule has 2 fully saturated rings. The summed E-state index contributed by atoms with van der Waals surface area (Å²) in [6, 6.07) is 7.88. The van der Waals surface area contributed by atoms with Gasteiger partial charge in [0.25, 0.3) is 0 Å². The lowest BCUT2D eigenvalue weighted by Crippen LogP contribution is -2.46. The van der Waals surface area contributed by atoms with E-state index in [1.807, 2.05) is 0 Å². The SMILES string of the molecule is Cc1ccc(N2CCCC(NC3CC3)C2)cc1Cl. The predicted octanol–water partition coefficient (Wildman–Crippen LogP) is 3.37. The Labute approximate surface area is 114 Å². The topological polar surface area (TPSA) is 15.3 Å². The minimum absolute atomic E-state index is 0.659. The van der Waals surface area contributed by atoms with Crippen LogP contribution in [0.3, 0.4) is 0 Å². The summed E-state index contributed by atoms with van der Waals surface area (Å²) in [6.07, 6.45) is 5.32. The van der Waals surface area contributed by atoms with Gasteiger partial charge in [-0.3, -0.25) is 0 Å². The molecular weight excluding hydrogens is 244 g/mol. The van der Waals surface area contributed by atoms with Gasteiger partial charge in [0.1, 0.15) is 0 Å². The van der Waals surface area contributed by atoms with E-state index in [2.05, 4.69) is 35.3 Å². The molecule has 0 radical (unpaired) electrons. The molecule has 18 heavy (non-hydrogen) atoms. The van der Waals surface area contributed by atoms with Crippen molar-refractivity contribution in [3.8, 4) is 0 Å². The Balaban J connectivity index is 1.68. The average Bonchev–Trinajstić information content (AvgIpc) is 3.17. The van der Waals surface area contributed by atoms with Crippen molar-refractivity contribution in [2.75, 3.05) is 18.0 Å². The Kier molecular flexibility index (Phi) is 3.49. The first-order valence-corrected chi connectivity index (χ1v) is 7.37. The van der Waals surface area contributed by atoms with Gasteiger partial charge in [-0.05, 0) is 50.3 Å². The van der Waals surface area contributed by atoms with Gasteiger partial charge in [-0.15, -0.1) is 0 Å². The molecule has 1 aliphatic heterocycles. The number of hydrogen-bond donors (Lipinski definition) is 1. The van der Waals surface area contributed by atoms with Crippen molar-refractivity contribution in [3.05, 3.63) is 28.8 Å². The Bertz CT molecular complexity index is 429. The van der Waals surface area contributed by atoms with Gasteiger partial charge in [0.2, 0.25) is 0 Å². The quantitative estimate of drug-likeness (QED) is 0.901. The maximum Gasteiger partial charge on any atom is 0.0455 e. The lowest BCUT2D eigenvalue weighted by Gasteiger charge is -2.35. The third-order valence-corrected chi connectivity index (χ3v) is 4.40. The largest absolute Gasteiger partial charge is 0.370 e. The highest BCUT2D eigenvalue weighted by molar-refractivity contribution is 6.31. The molecule has 0 aromatic heterocycles. The smallest absolute Gasteiger partial charge is 0.0455 e. The summed E-state index contributed by atoms with van der Waals surface area (Å²) in [5, 5.41) is 4.62. The third-order valence-electron chi connectivity index (χ3n) is 3.99. The molecule has 2 nitrogen and oxygen atoms in total. The van der Waals surface area contributed by atoms with Gasteiger partial charge in [0, 0.05) is 35.9 Å². The van der Waals surface area contributed by atoms with Crippen molar-refractivity contribution in [1.29, 1.82) is 0 Å². The van der Waals surface area contributed by atoms with Crippen LogP contribution in [0.5, 0.6) is 0 Å². The van der Waals surface area contributed by atoms with Crippen molar-refractivity contribution < 1.29 is 0 Å². The molecule has 2 aliphatic rings. The molecule has 98 valence electrons. The summed E-state index contributed by atoms with van der Waals surface area (Å²) in [5.41, 5.74) is 2.43. The first-order valence-electron chi connectivity index (χ1n) is 6.99. The molecule has 1 aromatic carbocycles. The Morgan fingerprint density at radius 1 is 1.22 bits per heavy atom. The standard InChI is InChI=1S/C15H21ClN2/c1-11-4-7-14(9-15(11)16)18-8-2-3-13(10-18)17-12-5-6-12/h4,7,9,12-13,17H,2-3,5-6,8,10H2,1H3. The van der Waals surface area contributed by atoms with Crippen molar-refractivity contribution in [3.63, 3.8) is 0 Å². The van der Waals surface area contributed by atoms with Crippen LogP contribution in [0.15, 0.2) is 18.2 Å². The lowest BCUT2D eigenvalue weighted by atomic mass is 10.0. The van der Waals surface area contributed by atoms with Gasteiger partial charge in [0.15, 0.2) is 0 Å². The van der Waals surface area contributed by atoms with E-state index in [1.54, 1.807) is 0 Å². The van der Waals surface area contributed by atoms with Crippen LogP contribution >= 0.6 is 11.6 Å². The Morgan fingerprint density at radius 3 is 2.78 bits per heavy atom. The first-order chi connectivity index (χ1) is 8.72. The number of hydrogen-bond acceptors (Lipinski definition) is 2. The van der Waals surface area contributed by atoms with Gasteiger partial charge in [-0.25, -0.2) is 0 Å². The van der Waals surface area contributed by atoms with E-state index in [9.17, 15) is 0 Å². The van der Waals surface area contributed by atoms with Crippen LogP contribution in [0, 0.1) is 6.92 Å². The van der Waals surface area contributed by atoms with Crippen molar-refractivity contribution in [2.24, 2.45) is 0 Å². The Morgan fingerprint density at radius 2 is 2.06 bits per heavy atom. The van der Waals surface area contributed by atoms with Crippen molar-refractivity contribution in [2.45, 2.75) is 44.7 Å². The van der Waals surface area contributed by atoms with E-state index >= 15 is 0 Å². The number of nitrogens with zero attached hydrogens (tertiary/aromatic N) is 1. The molecule has 1 saturated heterocycles. The number of nitrogens with one attached hydrogen (secondary N) is 1. The molecule has 3 heteroatoms. The highest BCUT2D eigenvalue weighted by Gasteiger charge is 2.27. The zero-order valence-corrected chi connectivity index (χ0v) is 11.7. The van der Waals surface area contributed by atoms with Crippen LogP contribution in [-0.2, 0) is 0 Å². The molecule has 1 aliphatic carbocycles. The molecule has 1 saturated carbocycles. The van der Waals surface area contributed by atoms with Crippen molar-refractivity contribution in [1.82, 2.24) is 5.32 Å². The number of anilines is 1. The predicted molar refractivity (Wildman–Crippen MR) is 77.6 cm³/mol. The number of piperidine rings is 1. The lowest BCUT2D eigenvalue weighted by molar-refractivity contribution is 0.420. The van der Waals surface area contributed by atoms with E-state index in [-0.39, 0.29) is 0 Å². The minimum atomic E-state index is 0.659. The number of benzene rings is 1. The summed E-state index contributed by atoms with van der Waals surface area (Å²) < 4.78 is 0. The van der Waals surface area contributed by atoms with E-state index < -0.39 is 0 Å². The Hall–Kier alpha value is -0.730. The van der Waals surface area contributed by atoms with E-state index in [4.69, 9.17) is 11.6 Å². The monoisotopic (exact) mass is 264 g/mol. The molecule has 1 N–H and O–H groups in total. The zero-order valence-electron chi connectivity index (χ0n) is 11.0. The molecule has 0 amide bonds. The van der Waals surface area contributed by atoms with Gasteiger partial charge < -0.3 is 10.2 Å². The summed E-state index contributed by atoms with van der Waals surface area (Å²) in [6.45, 7) is 4.33. The van der Waals surface area contributed by atoms with Crippen LogP contribution in [0.1, 0.15) is 31.2 Å². The number of aryl methyl sites for hydroxylation is 1. The molecule has 1 aromatic rings. The summed E-state index contributed by atoms with van der Waals surface area (Å²) in [7, 11) is 0. The minimum Gasteiger partial charge on any atom is -0.370 e. The average molecular weight is 265 g/mol. The molecule has 1 atom stereocenters. The van der Waals surface area contributed by atoms with Crippen LogP contribution < -0.4 is 10.2 Å². The molecule has 3 rings (SSSR count). The molecule has 1 unspecified atom stereocenters. The zero-order chi connectivity index (χ0) is 12.5. The summed E-state index contributed by atoms with van der Waals surface area (Å²) in [4.78, 5) is 2.47. The number of halogens is 1. The fourth-order valence-corrected chi connectivity index (χ4v) is 2.88. The van der Waals surface area contributed by atoms with Crippen LogP contribution in [0.25, 0.3) is 0 Å². The van der Waals surface area contributed by atoms with Crippen LogP contribution in [0.2, 0.25) is 5.02 Å². The molecule has 1 heterocycles. The fraction of sp³-hybridized carbons (Fsp3) is 0.600. The fourth-order valence-electron chi connectivity index (χ4n) is 2.71. The van der Waals surface area contributed by atoms with Crippen LogP contribution in [0.4, 0.5) is 5.69 Å². The van der Waals surface area contributed by atoms with Gasteiger partial charge in [-0.1, -0.05) is 17.7 Å². The maximum atomic E-state index is 6.22. The van der Waals surface area contributed by atoms with E-state index in [1.165, 1.54) is 31.4 Å². The molecular formula is C15H21ClN2. The third kappa shape index (κ3) is 2.81. The second kappa shape index (κ2) is 5.10. The van der Waals surface area contributed by atoms with E-state index in [0.29, 0.717) is 6.04 Å². The second-order valence-corrected chi connectivity index (χ2v) is 6.07. The summed E-state index contributed by atoms with van der Waals surface area (Å²) in [5.74, 6) is 0. The highest BCUT2D eigenvalue weighted by atomic mass is 35.5. The highest BCUT2D eigenvalue weighted by Crippen LogP contribution is 2.27. The number of rotatable bonds is 3. The second-order valence-electron chi connectivity index (χ2n) is 5.66. The normalized spacial score (nSPS) is 24.3. The molecule has 0 spiro atoms. The van der Waals surface area contributed by atoms with Crippen molar-refractivity contribution >= 4 is 17.3 Å². The van der Waals surface area contributed by atoms with Crippen LogP contribution in [-0.4, -0.2) is 25.2 Å². The van der Waals surface area contributed by atoms with E-state index in [0.717, 1.165) is 29.7 Å². The van der Waals surface area contributed by atoms with Gasteiger partial charge >= 0.3 is 0 Å². The first kappa shape index (κ1) is 12.3. The maximum absolute atomic E-state index is 6.22. The van der Waals surface area contributed by atoms with Gasteiger partial charge in [-0.2, -0.15) is 0 Å². The van der Waals surface area contributed by atoms with Gasteiger partial charge in [0.05, 0.1) is 0 Å².